The van der Waals surface area contributed by atoms with Gasteiger partial charge in [-0.05, 0) is 18.1 Å². The molecular weight excluding hydrogens is 226 g/mol. The van der Waals surface area contributed by atoms with Gasteiger partial charge < -0.3 is 10.4 Å². The first kappa shape index (κ1) is 13.4. The van der Waals surface area contributed by atoms with Crippen LogP contribution in [0.2, 0.25) is 0 Å². The number of amides is 1. The third-order valence-corrected chi connectivity index (χ3v) is 3.82. The Morgan fingerprint density at radius 2 is 2.12 bits per heavy atom. The van der Waals surface area contributed by atoms with Crippen LogP contribution >= 0.6 is 11.8 Å². The summed E-state index contributed by atoms with van der Waals surface area (Å²) in [4.78, 5) is 22.4. The lowest BCUT2D eigenvalue weighted by atomic mass is 10.0. The van der Waals surface area contributed by atoms with E-state index in [-0.39, 0.29) is 11.9 Å². The van der Waals surface area contributed by atoms with Gasteiger partial charge in [0.2, 0.25) is 5.91 Å². The van der Waals surface area contributed by atoms with Crippen molar-refractivity contribution in [3.05, 3.63) is 0 Å². The number of carbonyl (C=O) groups excluding carboxylic acids is 1. The molecule has 0 heterocycles. The van der Waals surface area contributed by atoms with Crippen LogP contribution in [0.15, 0.2) is 0 Å². The van der Waals surface area contributed by atoms with Gasteiger partial charge in [-0.1, -0.05) is 20.3 Å². The largest absolute Gasteiger partial charge is 0.481 e. The standard InChI is InChI=1S/C11H19NO3S/c1-7(2)16-6-10(13)12-9-5-3-4-8(9)11(14)15/h7-9H,3-6H2,1-2H3,(H,12,13)(H,14,15). The lowest BCUT2D eigenvalue weighted by Gasteiger charge is -2.17. The van der Waals surface area contributed by atoms with Gasteiger partial charge in [0.1, 0.15) is 0 Å². The molecule has 0 saturated heterocycles. The Bertz CT molecular complexity index is 268. The van der Waals surface area contributed by atoms with E-state index in [1.807, 2.05) is 13.8 Å². The second kappa shape index (κ2) is 6.13. The minimum absolute atomic E-state index is 0.0446. The smallest absolute Gasteiger partial charge is 0.308 e. The van der Waals surface area contributed by atoms with E-state index in [9.17, 15) is 9.59 Å². The maximum atomic E-state index is 11.5. The fourth-order valence-corrected chi connectivity index (χ4v) is 2.49. The maximum absolute atomic E-state index is 11.5. The maximum Gasteiger partial charge on any atom is 0.308 e. The average molecular weight is 245 g/mol. The number of hydrogen-bond acceptors (Lipinski definition) is 3. The Balaban J connectivity index is 2.35. The predicted molar refractivity (Wildman–Crippen MR) is 64.5 cm³/mol. The second-order valence-electron chi connectivity index (χ2n) is 4.41. The molecule has 92 valence electrons. The van der Waals surface area contributed by atoms with Gasteiger partial charge in [-0.15, -0.1) is 11.8 Å². The quantitative estimate of drug-likeness (QED) is 0.770. The molecule has 0 aromatic heterocycles. The Morgan fingerprint density at radius 3 is 2.69 bits per heavy atom. The summed E-state index contributed by atoms with van der Waals surface area (Å²) in [6.07, 6.45) is 2.35. The minimum Gasteiger partial charge on any atom is -0.481 e. The number of hydrogen-bond donors (Lipinski definition) is 2. The highest BCUT2D eigenvalue weighted by Gasteiger charge is 2.33. The fraction of sp³-hybridized carbons (Fsp3) is 0.818. The molecule has 0 aliphatic heterocycles. The minimum atomic E-state index is -0.792. The van der Waals surface area contributed by atoms with Crippen LogP contribution in [0.3, 0.4) is 0 Å². The Labute approximate surface area is 100 Å². The van der Waals surface area contributed by atoms with Crippen LogP contribution in [0.4, 0.5) is 0 Å². The zero-order valence-electron chi connectivity index (χ0n) is 9.73. The summed E-state index contributed by atoms with van der Waals surface area (Å²) in [5.74, 6) is -0.815. The van der Waals surface area contributed by atoms with E-state index in [2.05, 4.69) is 5.32 Å². The van der Waals surface area contributed by atoms with Crippen molar-refractivity contribution < 1.29 is 14.7 Å². The van der Waals surface area contributed by atoms with Crippen molar-refractivity contribution in [2.75, 3.05) is 5.75 Å². The van der Waals surface area contributed by atoms with Crippen LogP contribution in [0.1, 0.15) is 33.1 Å². The first-order chi connectivity index (χ1) is 7.50. The van der Waals surface area contributed by atoms with Crippen molar-refractivity contribution in [1.29, 1.82) is 0 Å². The highest BCUT2D eigenvalue weighted by molar-refractivity contribution is 8.00. The topological polar surface area (TPSA) is 66.4 Å². The van der Waals surface area contributed by atoms with Gasteiger partial charge in [0.15, 0.2) is 0 Å². The lowest BCUT2D eigenvalue weighted by molar-refractivity contribution is -0.142. The number of carboxylic acids is 1. The Kier molecular flexibility index (Phi) is 5.12. The van der Waals surface area contributed by atoms with Crippen molar-refractivity contribution in [3.8, 4) is 0 Å². The molecule has 2 N–H and O–H groups in total. The molecule has 1 aliphatic carbocycles. The number of carboxylic acid groups (broad SMARTS) is 1. The fourth-order valence-electron chi connectivity index (χ4n) is 1.92. The summed E-state index contributed by atoms with van der Waals surface area (Å²) in [5.41, 5.74) is 0. The summed E-state index contributed by atoms with van der Waals surface area (Å²) in [6.45, 7) is 4.07. The molecule has 1 saturated carbocycles. The first-order valence-electron chi connectivity index (χ1n) is 5.64. The van der Waals surface area contributed by atoms with E-state index in [1.165, 1.54) is 0 Å². The highest BCUT2D eigenvalue weighted by Crippen LogP contribution is 2.25. The SMILES string of the molecule is CC(C)SCC(=O)NC1CCCC1C(=O)O. The van der Waals surface area contributed by atoms with Crippen molar-refractivity contribution >= 4 is 23.6 Å². The van der Waals surface area contributed by atoms with E-state index in [0.717, 1.165) is 12.8 Å². The molecule has 0 bridgehead atoms. The van der Waals surface area contributed by atoms with E-state index >= 15 is 0 Å². The molecule has 0 radical (unpaired) electrons. The van der Waals surface area contributed by atoms with Crippen molar-refractivity contribution in [2.45, 2.75) is 44.4 Å². The molecule has 1 fully saturated rings. The van der Waals surface area contributed by atoms with Crippen LogP contribution in [-0.2, 0) is 9.59 Å². The predicted octanol–water partition coefficient (Wildman–Crippen LogP) is 1.50. The van der Waals surface area contributed by atoms with Crippen molar-refractivity contribution in [1.82, 2.24) is 5.32 Å². The Hall–Kier alpha value is -0.710. The summed E-state index contributed by atoms with van der Waals surface area (Å²) >= 11 is 1.57. The molecular formula is C11H19NO3S. The van der Waals surface area contributed by atoms with Gasteiger partial charge in [0, 0.05) is 6.04 Å². The first-order valence-corrected chi connectivity index (χ1v) is 6.69. The Morgan fingerprint density at radius 1 is 1.44 bits per heavy atom. The molecule has 0 spiro atoms. The zero-order valence-corrected chi connectivity index (χ0v) is 10.5. The summed E-state index contributed by atoms with van der Waals surface area (Å²) in [5, 5.41) is 12.2. The summed E-state index contributed by atoms with van der Waals surface area (Å²) in [7, 11) is 0. The van der Waals surface area contributed by atoms with Crippen molar-refractivity contribution in [2.24, 2.45) is 5.92 Å². The number of rotatable bonds is 5. The van der Waals surface area contributed by atoms with Gasteiger partial charge >= 0.3 is 5.97 Å². The molecule has 0 aromatic rings. The van der Waals surface area contributed by atoms with Crippen LogP contribution < -0.4 is 5.32 Å². The molecule has 1 amide bonds. The van der Waals surface area contributed by atoms with Crippen LogP contribution in [0.5, 0.6) is 0 Å². The molecule has 1 rings (SSSR count). The van der Waals surface area contributed by atoms with Crippen molar-refractivity contribution in [3.63, 3.8) is 0 Å². The molecule has 0 aromatic carbocycles. The number of nitrogens with one attached hydrogen (secondary N) is 1. The highest BCUT2D eigenvalue weighted by atomic mass is 32.2. The van der Waals surface area contributed by atoms with Gasteiger partial charge in [0.05, 0.1) is 11.7 Å². The van der Waals surface area contributed by atoms with Crippen LogP contribution in [-0.4, -0.2) is 34.0 Å². The lowest BCUT2D eigenvalue weighted by Crippen LogP contribution is -2.41. The number of carbonyl (C=O) groups is 2. The van der Waals surface area contributed by atoms with E-state index in [4.69, 9.17) is 5.11 Å². The van der Waals surface area contributed by atoms with Crippen LogP contribution in [0.25, 0.3) is 0 Å². The number of aliphatic carboxylic acids is 1. The van der Waals surface area contributed by atoms with Crippen LogP contribution in [0, 0.1) is 5.92 Å². The van der Waals surface area contributed by atoms with E-state index in [0.29, 0.717) is 17.4 Å². The van der Waals surface area contributed by atoms with Gasteiger partial charge in [-0.2, -0.15) is 0 Å². The van der Waals surface area contributed by atoms with Gasteiger partial charge in [0.25, 0.3) is 0 Å². The van der Waals surface area contributed by atoms with Gasteiger partial charge in [-0.3, -0.25) is 9.59 Å². The van der Waals surface area contributed by atoms with Gasteiger partial charge in [-0.25, -0.2) is 0 Å². The third kappa shape index (κ3) is 4.04. The molecule has 2 unspecified atom stereocenters. The average Bonchev–Trinajstić information content (AvgIpc) is 2.62. The third-order valence-electron chi connectivity index (χ3n) is 2.73. The summed E-state index contributed by atoms with van der Waals surface area (Å²) < 4.78 is 0. The van der Waals surface area contributed by atoms with E-state index in [1.54, 1.807) is 11.8 Å². The second-order valence-corrected chi connectivity index (χ2v) is 5.97. The zero-order chi connectivity index (χ0) is 12.1. The van der Waals surface area contributed by atoms with E-state index < -0.39 is 11.9 Å². The monoisotopic (exact) mass is 245 g/mol. The molecule has 4 nitrogen and oxygen atoms in total. The molecule has 1 aliphatic rings. The molecule has 2 atom stereocenters. The molecule has 5 heteroatoms. The molecule has 16 heavy (non-hydrogen) atoms. The normalized spacial score (nSPS) is 24.7. The summed E-state index contributed by atoms with van der Waals surface area (Å²) in [6, 6.07) is -0.169. The number of thioether (sulfide) groups is 1.